The van der Waals surface area contributed by atoms with Gasteiger partial charge in [0.2, 0.25) is 0 Å². The standard InChI is InChI=1S/C13H17N/c1-11-7-5-6-10-13(11)14-12-8-3-2-4-9-12/h1,5-7,10,12,14H,2-4,8-9H2. The van der Waals surface area contributed by atoms with Crippen molar-refractivity contribution in [3.05, 3.63) is 36.8 Å². The first-order chi connectivity index (χ1) is 6.86. The van der Waals surface area contributed by atoms with Gasteiger partial charge in [-0.1, -0.05) is 37.5 Å². The van der Waals surface area contributed by atoms with Crippen LogP contribution in [0, 0.1) is 6.92 Å². The lowest BCUT2D eigenvalue weighted by Gasteiger charge is -2.24. The van der Waals surface area contributed by atoms with Gasteiger partial charge < -0.3 is 5.32 Å². The molecule has 1 heteroatoms. The minimum atomic E-state index is 0.633. The third kappa shape index (κ3) is 2.28. The van der Waals surface area contributed by atoms with E-state index >= 15 is 0 Å². The van der Waals surface area contributed by atoms with E-state index in [0.717, 1.165) is 11.3 Å². The molecule has 0 amide bonds. The fraction of sp³-hybridized carbons (Fsp3) is 0.462. The molecule has 2 radical (unpaired) electrons. The van der Waals surface area contributed by atoms with Crippen molar-refractivity contribution in [1.82, 2.24) is 0 Å². The van der Waals surface area contributed by atoms with Gasteiger partial charge in [0.15, 0.2) is 0 Å². The molecule has 0 aromatic heterocycles. The Morgan fingerprint density at radius 3 is 2.50 bits per heavy atom. The minimum Gasteiger partial charge on any atom is -0.382 e. The molecule has 1 saturated carbocycles. The molecule has 0 spiro atoms. The number of hydrogen-bond acceptors (Lipinski definition) is 1. The van der Waals surface area contributed by atoms with E-state index in [-0.39, 0.29) is 0 Å². The molecule has 1 aliphatic rings. The quantitative estimate of drug-likeness (QED) is 0.747. The van der Waals surface area contributed by atoms with Gasteiger partial charge in [0.25, 0.3) is 0 Å². The van der Waals surface area contributed by atoms with Crippen LogP contribution in [0.4, 0.5) is 5.69 Å². The van der Waals surface area contributed by atoms with E-state index in [9.17, 15) is 0 Å². The zero-order valence-corrected chi connectivity index (χ0v) is 8.50. The Kier molecular flexibility index (Phi) is 3.07. The third-order valence-electron chi connectivity index (χ3n) is 2.93. The van der Waals surface area contributed by atoms with Gasteiger partial charge in [0, 0.05) is 18.7 Å². The van der Waals surface area contributed by atoms with E-state index in [1.54, 1.807) is 0 Å². The van der Waals surface area contributed by atoms with Gasteiger partial charge in [-0.15, -0.1) is 0 Å². The van der Waals surface area contributed by atoms with Gasteiger partial charge >= 0.3 is 0 Å². The summed E-state index contributed by atoms with van der Waals surface area (Å²) in [6.45, 7) is 5.88. The van der Waals surface area contributed by atoms with Crippen LogP contribution in [0.5, 0.6) is 0 Å². The molecule has 1 aliphatic carbocycles. The summed E-state index contributed by atoms with van der Waals surface area (Å²) in [5.41, 5.74) is 1.96. The van der Waals surface area contributed by atoms with Gasteiger partial charge in [-0.05, 0) is 24.5 Å². The molecule has 1 fully saturated rings. The Balaban J connectivity index is 1.99. The van der Waals surface area contributed by atoms with Crippen LogP contribution in [0.25, 0.3) is 0 Å². The molecule has 1 aromatic rings. The van der Waals surface area contributed by atoms with Gasteiger partial charge in [-0.3, -0.25) is 0 Å². The second kappa shape index (κ2) is 4.50. The van der Waals surface area contributed by atoms with Crippen molar-refractivity contribution in [3.8, 4) is 0 Å². The summed E-state index contributed by atoms with van der Waals surface area (Å²) in [5, 5.41) is 3.52. The topological polar surface area (TPSA) is 12.0 Å². The van der Waals surface area contributed by atoms with Crippen molar-refractivity contribution < 1.29 is 0 Å². The van der Waals surface area contributed by atoms with E-state index < -0.39 is 0 Å². The van der Waals surface area contributed by atoms with E-state index in [2.05, 4.69) is 11.4 Å². The Morgan fingerprint density at radius 2 is 1.79 bits per heavy atom. The third-order valence-corrected chi connectivity index (χ3v) is 2.93. The normalized spacial score (nSPS) is 18.1. The number of hydrogen-bond donors (Lipinski definition) is 1. The van der Waals surface area contributed by atoms with E-state index in [1.807, 2.05) is 18.2 Å². The molecule has 1 nitrogen and oxygen atoms in total. The summed E-state index contributed by atoms with van der Waals surface area (Å²) in [4.78, 5) is 0. The maximum Gasteiger partial charge on any atom is 0.0378 e. The highest BCUT2D eigenvalue weighted by molar-refractivity contribution is 5.53. The zero-order chi connectivity index (χ0) is 9.80. The number of rotatable bonds is 2. The average Bonchev–Trinajstić information content (AvgIpc) is 2.23. The van der Waals surface area contributed by atoms with Gasteiger partial charge in [0.1, 0.15) is 0 Å². The number of para-hydroxylation sites is 1. The molecular weight excluding hydrogens is 170 g/mol. The lowest BCUT2D eigenvalue weighted by Crippen LogP contribution is -2.22. The first kappa shape index (κ1) is 9.57. The summed E-state index contributed by atoms with van der Waals surface area (Å²) >= 11 is 0. The molecule has 0 heterocycles. The number of nitrogens with one attached hydrogen (secondary N) is 1. The summed E-state index contributed by atoms with van der Waals surface area (Å²) in [5.74, 6) is 0. The highest BCUT2D eigenvalue weighted by atomic mass is 14.9. The lowest BCUT2D eigenvalue weighted by atomic mass is 9.95. The van der Waals surface area contributed by atoms with Crippen LogP contribution in [0.15, 0.2) is 24.3 Å². The zero-order valence-electron chi connectivity index (χ0n) is 8.50. The van der Waals surface area contributed by atoms with Crippen LogP contribution in [0.3, 0.4) is 0 Å². The SMILES string of the molecule is [CH]c1ccccc1NC1CCCCC1. The number of anilines is 1. The number of benzene rings is 1. The largest absolute Gasteiger partial charge is 0.382 e. The van der Waals surface area contributed by atoms with Crippen molar-refractivity contribution in [1.29, 1.82) is 0 Å². The van der Waals surface area contributed by atoms with Crippen molar-refractivity contribution in [2.75, 3.05) is 5.32 Å². The molecule has 0 atom stereocenters. The van der Waals surface area contributed by atoms with Crippen molar-refractivity contribution in [2.24, 2.45) is 0 Å². The summed E-state index contributed by atoms with van der Waals surface area (Å²) in [7, 11) is 0. The van der Waals surface area contributed by atoms with Crippen LogP contribution < -0.4 is 5.32 Å². The van der Waals surface area contributed by atoms with Crippen molar-refractivity contribution >= 4 is 5.69 Å². The molecule has 74 valence electrons. The Bertz CT molecular complexity index is 287. The van der Waals surface area contributed by atoms with E-state index in [0.29, 0.717) is 6.04 Å². The molecule has 0 bridgehead atoms. The first-order valence-electron chi connectivity index (χ1n) is 5.47. The lowest BCUT2D eigenvalue weighted by molar-refractivity contribution is 0.462. The molecule has 2 rings (SSSR count). The molecular formula is C13H17N. The molecule has 0 aliphatic heterocycles. The highest BCUT2D eigenvalue weighted by Gasteiger charge is 2.13. The van der Waals surface area contributed by atoms with E-state index in [4.69, 9.17) is 6.92 Å². The van der Waals surface area contributed by atoms with Crippen LogP contribution in [-0.2, 0) is 0 Å². The molecule has 1 N–H and O–H groups in total. The predicted molar refractivity (Wildman–Crippen MR) is 60.3 cm³/mol. The Labute approximate surface area is 86.5 Å². The summed E-state index contributed by atoms with van der Waals surface area (Å²) < 4.78 is 0. The predicted octanol–water partition coefficient (Wildman–Crippen LogP) is 3.49. The molecule has 0 saturated heterocycles. The van der Waals surface area contributed by atoms with Crippen molar-refractivity contribution in [2.45, 2.75) is 38.1 Å². The van der Waals surface area contributed by atoms with Gasteiger partial charge in [-0.25, -0.2) is 0 Å². The summed E-state index contributed by atoms with van der Waals surface area (Å²) in [6.07, 6.45) is 6.67. The van der Waals surface area contributed by atoms with Gasteiger partial charge in [0.05, 0.1) is 0 Å². The second-order valence-corrected chi connectivity index (χ2v) is 4.07. The van der Waals surface area contributed by atoms with Crippen molar-refractivity contribution in [3.63, 3.8) is 0 Å². The maximum absolute atomic E-state index is 5.88. The second-order valence-electron chi connectivity index (χ2n) is 4.07. The van der Waals surface area contributed by atoms with Crippen LogP contribution >= 0.6 is 0 Å². The molecule has 14 heavy (non-hydrogen) atoms. The first-order valence-corrected chi connectivity index (χ1v) is 5.47. The van der Waals surface area contributed by atoms with Crippen LogP contribution in [0.1, 0.15) is 37.7 Å². The van der Waals surface area contributed by atoms with Crippen LogP contribution in [-0.4, -0.2) is 6.04 Å². The maximum atomic E-state index is 5.88. The van der Waals surface area contributed by atoms with Crippen LogP contribution in [0.2, 0.25) is 0 Å². The molecule has 0 unspecified atom stereocenters. The fourth-order valence-electron chi connectivity index (χ4n) is 2.10. The van der Waals surface area contributed by atoms with Gasteiger partial charge in [-0.2, -0.15) is 0 Å². The Hall–Kier alpha value is -0.980. The van der Waals surface area contributed by atoms with E-state index in [1.165, 1.54) is 32.1 Å². The smallest absolute Gasteiger partial charge is 0.0378 e. The fourth-order valence-corrected chi connectivity index (χ4v) is 2.10. The minimum absolute atomic E-state index is 0.633. The monoisotopic (exact) mass is 187 g/mol. The Morgan fingerprint density at radius 1 is 1.07 bits per heavy atom. The molecule has 1 aromatic carbocycles. The highest BCUT2D eigenvalue weighted by Crippen LogP contribution is 2.23. The summed E-state index contributed by atoms with van der Waals surface area (Å²) in [6, 6.07) is 8.64. The average molecular weight is 187 g/mol.